The number of benzene rings is 1. The molecule has 0 bridgehead atoms. The molecule has 0 spiro atoms. The number of amides is 1. The van der Waals surface area contributed by atoms with E-state index in [-0.39, 0.29) is 30.2 Å². The lowest BCUT2D eigenvalue weighted by molar-refractivity contribution is -0.131. The van der Waals surface area contributed by atoms with Crippen molar-refractivity contribution in [3.63, 3.8) is 0 Å². The molecule has 142 valence electrons. The summed E-state index contributed by atoms with van der Waals surface area (Å²) in [5, 5.41) is 7.42. The molecule has 1 aromatic carbocycles. The van der Waals surface area contributed by atoms with Crippen LogP contribution in [0.3, 0.4) is 0 Å². The van der Waals surface area contributed by atoms with Gasteiger partial charge in [0.25, 0.3) is 11.5 Å². The highest BCUT2D eigenvalue weighted by molar-refractivity contribution is 5.82. The van der Waals surface area contributed by atoms with Crippen LogP contribution in [0.4, 0.5) is 0 Å². The Morgan fingerprint density at radius 2 is 1.85 bits per heavy atom. The Morgan fingerprint density at radius 3 is 2.63 bits per heavy atom. The van der Waals surface area contributed by atoms with Crippen LogP contribution < -0.4 is 20.3 Å². The number of aromatic nitrogens is 2. The van der Waals surface area contributed by atoms with E-state index in [0.29, 0.717) is 11.5 Å². The maximum atomic E-state index is 12.5. The highest BCUT2D eigenvalue weighted by Crippen LogP contribution is 2.31. The van der Waals surface area contributed by atoms with Crippen molar-refractivity contribution >= 4 is 5.91 Å². The molecule has 1 amide bonds. The number of fused-ring (bicyclic) bond motifs is 1. The Morgan fingerprint density at radius 1 is 1.11 bits per heavy atom. The summed E-state index contributed by atoms with van der Waals surface area (Å²) in [6.45, 7) is 2.09. The Balaban J connectivity index is 1.32. The van der Waals surface area contributed by atoms with Gasteiger partial charge in [-0.25, -0.2) is 4.68 Å². The van der Waals surface area contributed by atoms with Crippen LogP contribution in [0.5, 0.6) is 11.5 Å². The predicted molar refractivity (Wildman–Crippen MR) is 99.0 cm³/mol. The van der Waals surface area contributed by atoms with E-state index in [1.54, 1.807) is 22.9 Å². The van der Waals surface area contributed by atoms with Gasteiger partial charge in [0.15, 0.2) is 11.5 Å². The molecular weight excluding hydrogens is 346 g/mol. The second kappa shape index (κ2) is 7.42. The number of aryl methyl sites for hydroxylation is 1. The molecule has 27 heavy (non-hydrogen) atoms. The number of ether oxygens (including phenoxy) is 2. The van der Waals surface area contributed by atoms with E-state index in [4.69, 9.17) is 9.47 Å². The van der Waals surface area contributed by atoms with Crippen LogP contribution in [0.2, 0.25) is 0 Å². The molecule has 7 heteroatoms. The van der Waals surface area contributed by atoms with Crippen LogP contribution in [0, 0.1) is 6.92 Å². The molecule has 2 heterocycles. The summed E-state index contributed by atoms with van der Waals surface area (Å²) in [6, 6.07) is 10.8. The molecule has 1 aliphatic carbocycles. The summed E-state index contributed by atoms with van der Waals surface area (Å²) in [4.78, 5) is 24.6. The fourth-order valence-electron chi connectivity index (χ4n) is 3.69. The largest absolute Gasteiger partial charge is 0.485 e. The average molecular weight is 369 g/mol. The van der Waals surface area contributed by atoms with Gasteiger partial charge in [0.1, 0.15) is 6.61 Å². The highest BCUT2D eigenvalue weighted by Gasteiger charge is 2.31. The number of carbonyl (C=O) groups is 1. The zero-order chi connectivity index (χ0) is 18.8. The summed E-state index contributed by atoms with van der Waals surface area (Å²) in [5.74, 6) is 1.11. The molecule has 1 aliphatic heterocycles. The van der Waals surface area contributed by atoms with Gasteiger partial charge in [-0.1, -0.05) is 12.1 Å². The van der Waals surface area contributed by atoms with Crippen molar-refractivity contribution in [2.75, 3.05) is 6.61 Å². The van der Waals surface area contributed by atoms with Gasteiger partial charge in [0.05, 0.1) is 11.7 Å². The molecule has 1 atom stereocenters. The minimum absolute atomic E-state index is 0.0699. The Labute approximate surface area is 157 Å². The molecule has 2 aromatic rings. The van der Waals surface area contributed by atoms with Gasteiger partial charge in [-0.3, -0.25) is 9.59 Å². The van der Waals surface area contributed by atoms with E-state index < -0.39 is 6.10 Å². The first kappa shape index (κ1) is 17.6. The van der Waals surface area contributed by atoms with Gasteiger partial charge in [-0.05, 0) is 50.8 Å². The standard InChI is InChI=1S/C20H23N3O4/c1-13-6-11-19(24)23(22-13)15-9-7-14(8-10-15)21-20(25)18-12-26-16-4-2-3-5-17(16)27-18/h2-6,11,14-15,18H,7-10,12H2,1H3,(H,21,25). The first-order chi connectivity index (χ1) is 13.1. The van der Waals surface area contributed by atoms with Crippen molar-refractivity contribution in [2.45, 2.75) is 50.8 Å². The summed E-state index contributed by atoms with van der Waals surface area (Å²) >= 11 is 0. The molecule has 0 radical (unpaired) electrons. The molecule has 0 saturated heterocycles. The molecule has 1 saturated carbocycles. The van der Waals surface area contributed by atoms with E-state index in [1.807, 2.05) is 25.1 Å². The lowest BCUT2D eigenvalue weighted by Crippen LogP contribution is -2.48. The van der Waals surface area contributed by atoms with E-state index >= 15 is 0 Å². The third-order valence-corrected chi connectivity index (χ3v) is 5.15. The second-order valence-corrected chi connectivity index (χ2v) is 7.14. The van der Waals surface area contributed by atoms with E-state index in [2.05, 4.69) is 10.4 Å². The van der Waals surface area contributed by atoms with Gasteiger partial charge < -0.3 is 14.8 Å². The summed E-state index contributed by atoms with van der Waals surface area (Å²) < 4.78 is 13.0. The molecule has 2 aliphatic rings. The number of para-hydroxylation sites is 2. The van der Waals surface area contributed by atoms with Crippen LogP contribution in [-0.2, 0) is 4.79 Å². The molecule has 1 fully saturated rings. The third-order valence-electron chi connectivity index (χ3n) is 5.15. The van der Waals surface area contributed by atoms with Crippen molar-refractivity contribution in [1.29, 1.82) is 0 Å². The fraction of sp³-hybridized carbons (Fsp3) is 0.450. The number of hydrogen-bond donors (Lipinski definition) is 1. The van der Waals surface area contributed by atoms with Gasteiger partial charge in [0, 0.05) is 12.1 Å². The number of rotatable bonds is 3. The van der Waals surface area contributed by atoms with Crippen LogP contribution in [0.25, 0.3) is 0 Å². The van der Waals surface area contributed by atoms with Crippen LogP contribution in [-0.4, -0.2) is 34.4 Å². The predicted octanol–water partition coefficient (Wildman–Crippen LogP) is 1.99. The minimum atomic E-state index is -0.640. The molecule has 1 unspecified atom stereocenters. The third kappa shape index (κ3) is 3.82. The number of nitrogens with zero attached hydrogens (tertiary/aromatic N) is 2. The first-order valence-electron chi connectivity index (χ1n) is 9.35. The number of carbonyl (C=O) groups excluding carboxylic acids is 1. The fourth-order valence-corrected chi connectivity index (χ4v) is 3.69. The monoisotopic (exact) mass is 369 g/mol. The first-order valence-corrected chi connectivity index (χ1v) is 9.35. The summed E-state index contributed by atoms with van der Waals surface area (Å²) in [5.41, 5.74) is 0.763. The Bertz CT molecular complexity index is 887. The smallest absolute Gasteiger partial charge is 0.267 e. The van der Waals surface area contributed by atoms with Crippen molar-refractivity contribution in [3.05, 3.63) is 52.4 Å². The van der Waals surface area contributed by atoms with Crippen LogP contribution in [0.15, 0.2) is 41.2 Å². The molecule has 7 nitrogen and oxygen atoms in total. The number of hydrogen-bond acceptors (Lipinski definition) is 5. The topological polar surface area (TPSA) is 82.5 Å². The SMILES string of the molecule is Cc1ccc(=O)n(C2CCC(NC(=O)C3COc4ccccc4O3)CC2)n1. The van der Waals surface area contributed by atoms with Gasteiger partial charge >= 0.3 is 0 Å². The molecule has 4 rings (SSSR count). The molecule has 1 aromatic heterocycles. The maximum Gasteiger partial charge on any atom is 0.267 e. The summed E-state index contributed by atoms with van der Waals surface area (Å²) in [7, 11) is 0. The zero-order valence-corrected chi connectivity index (χ0v) is 15.3. The number of nitrogens with one attached hydrogen (secondary N) is 1. The van der Waals surface area contributed by atoms with Gasteiger partial charge in [-0.15, -0.1) is 0 Å². The average Bonchev–Trinajstić information content (AvgIpc) is 2.70. The summed E-state index contributed by atoms with van der Waals surface area (Å²) in [6.07, 6.45) is 2.60. The lowest BCUT2D eigenvalue weighted by atomic mass is 9.91. The van der Waals surface area contributed by atoms with Crippen molar-refractivity contribution in [3.8, 4) is 11.5 Å². The van der Waals surface area contributed by atoms with Crippen molar-refractivity contribution < 1.29 is 14.3 Å². The van der Waals surface area contributed by atoms with Crippen molar-refractivity contribution in [2.24, 2.45) is 0 Å². The van der Waals surface area contributed by atoms with E-state index in [1.165, 1.54) is 0 Å². The van der Waals surface area contributed by atoms with Crippen LogP contribution in [0.1, 0.15) is 37.4 Å². The molecule has 1 N–H and O–H groups in total. The zero-order valence-electron chi connectivity index (χ0n) is 15.3. The lowest BCUT2D eigenvalue weighted by Gasteiger charge is -2.31. The van der Waals surface area contributed by atoms with Gasteiger partial charge in [-0.2, -0.15) is 5.10 Å². The minimum Gasteiger partial charge on any atom is -0.485 e. The van der Waals surface area contributed by atoms with E-state index in [9.17, 15) is 9.59 Å². The highest BCUT2D eigenvalue weighted by atomic mass is 16.6. The molecular formula is C20H23N3O4. The second-order valence-electron chi connectivity index (χ2n) is 7.14. The Hall–Kier alpha value is -2.83. The van der Waals surface area contributed by atoms with E-state index in [0.717, 1.165) is 31.4 Å². The van der Waals surface area contributed by atoms with Crippen molar-refractivity contribution in [1.82, 2.24) is 15.1 Å². The maximum absolute atomic E-state index is 12.5. The van der Waals surface area contributed by atoms with Crippen LogP contribution >= 0.6 is 0 Å². The Kier molecular flexibility index (Phi) is 4.83. The quantitative estimate of drug-likeness (QED) is 0.895. The van der Waals surface area contributed by atoms with Gasteiger partial charge in [0.2, 0.25) is 6.10 Å². The normalized spacial score (nSPS) is 24.3.